The molecule has 1 aromatic rings. The van der Waals surface area contributed by atoms with Crippen LogP contribution in [0.5, 0.6) is 0 Å². The minimum atomic E-state index is -0.444. The lowest BCUT2D eigenvalue weighted by atomic mass is 10.1. The fourth-order valence-electron chi connectivity index (χ4n) is 1.71. The van der Waals surface area contributed by atoms with Crippen molar-refractivity contribution in [3.63, 3.8) is 0 Å². The SMILES string of the molecule is CSCC(O)c1ccc2c(c1)CC(=O)N2. The van der Waals surface area contributed by atoms with Gasteiger partial charge in [-0.3, -0.25) is 4.79 Å². The van der Waals surface area contributed by atoms with E-state index in [0.29, 0.717) is 12.2 Å². The van der Waals surface area contributed by atoms with Crippen LogP contribution in [0.25, 0.3) is 0 Å². The van der Waals surface area contributed by atoms with Gasteiger partial charge in [-0.1, -0.05) is 12.1 Å². The molecule has 2 rings (SSSR count). The maximum absolute atomic E-state index is 11.1. The largest absolute Gasteiger partial charge is 0.388 e. The molecule has 0 saturated carbocycles. The Morgan fingerprint density at radius 3 is 3.13 bits per heavy atom. The Balaban J connectivity index is 2.23. The molecule has 80 valence electrons. The molecule has 1 atom stereocenters. The number of aliphatic hydroxyl groups is 1. The zero-order chi connectivity index (χ0) is 10.8. The van der Waals surface area contributed by atoms with E-state index in [4.69, 9.17) is 0 Å². The molecule has 0 spiro atoms. The third-order valence-electron chi connectivity index (χ3n) is 2.46. The van der Waals surface area contributed by atoms with E-state index in [1.165, 1.54) is 0 Å². The van der Waals surface area contributed by atoms with Gasteiger partial charge in [-0.25, -0.2) is 0 Å². The molecule has 0 bridgehead atoms. The van der Waals surface area contributed by atoms with Gasteiger partial charge < -0.3 is 10.4 Å². The van der Waals surface area contributed by atoms with Gasteiger partial charge in [0.25, 0.3) is 0 Å². The molecular formula is C11H13NO2S. The van der Waals surface area contributed by atoms with Gasteiger partial charge in [0.15, 0.2) is 0 Å². The van der Waals surface area contributed by atoms with Gasteiger partial charge in [0.1, 0.15) is 0 Å². The van der Waals surface area contributed by atoms with Gasteiger partial charge in [0, 0.05) is 11.4 Å². The number of carbonyl (C=O) groups is 1. The third kappa shape index (κ3) is 2.16. The molecule has 1 unspecified atom stereocenters. The number of amides is 1. The minimum absolute atomic E-state index is 0.0292. The first-order chi connectivity index (χ1) is 7.20. The average Bonchev–Trinajstić information content (AvgIpc) is 2.57. The fourth-order valence-corrected chi connectivity index (χ4v) is 2.22. The number of thioether (sulfide) groups is 1. The van der Waals surface area contributed by atoms with Gasteiger partial charge in [-0.2, -0.15) is 11.8 Å². The predicted octanol–water partition coefficient (Wildman–Crippen LogP) is 1.58. The van der Waals surface area contributed by atoms with E-state index in [-0.39, 0.29) is 5.91 Å². The van der Waals surface area contributed by atoms with Gasteiger partial charge in [0.2, 0.25) is 5.91 Å². The van der Waals surface area contributed by atoms with E-state index >= 15 is 0 Å². The molecule has 0 fully saturated rings. The standard InChI is InChI=1S/C11H13NO2S/c1-15-6-10(13)7-2-3-9-8(4-7)5-11(14)12-9/h2-4,10,13H,5-6H2,1H3,(H,12,14). The van der Waals surface area contributed by atoms with Crippen LogP contribution >= 0.6 is 11.8 Å². The topological polar surface area (TPSA) is 49.3 Å². The van der Waals surface area contributed by atoms with Crippen LogP contribution in [-0.2, 0) is 11.2 Å². The molecule has 1 aromatic carbocycles. The summed E-state index contributed by atoms with van der Waals surface area (Å²) in [4.78, 5) is 11.1. The van der Waals surface area contributed by atoms with Gasteiger partial charge in [-0.05, 0) is 23.4 Å². The van der Waals surface area contributed by atoms with Crippen LogP contribution in [0.1, 0.15) is 17.2 Å². The first-order valence-electron chi connectivity index (χ1n) is 4.80. The summed E-state index contributed by atoms with van der Waals surface area (Å²) in [6.45, 7) is 0. The Morgan fingerprint density at radius 1 is 1.60 bits per heavy atom. The molecular weight excluding hydrogens is 210 g/mol. The second kappa shape index (κ2) is 4.24. The van der Waals surface area contributed by atoms with E-state index in [0.717, 1.165) is 16.8 Å². The van der Waals surface area contributed by atoms with Crippen molar-refractivity contribution < 1.29 is 9.90 Å². The van der Waals surface area contributed by atoms with Crippen LogP contribution in [0, 0.1) is 0 Å². The van der Waals surface area contributed by atoms with Gasteiger partial charge in [-0.15, -0.1) is 0 Å². The summed E-state index contributed by atoms with van der Waals surface area (Å²) in [5, 5.41) is 12.6. The molecule has 0 saturated heterocycles. The Labute approximate surface area is 92.9 Å². The van der Waals surface area contributed by atoms with Crippen LogP contribution in [0.4, 0.5) is 5.69 Å². The summed E-state index contributed by atoms with van der Waals surface area (Å²) in [6, 6.07) is 5.64. The van der Waals surface area contributed by atoms with Crippen LogP contribution in [0.3, 0.4) is 0 Å². The van der Waals surface area contributed by atoms with Crippen molar-refractivity contribution >= 4 is 23.4 Å². The predicted molar refractivity (Wildman–Crippen MR) is 62.1 cm³/mol. The lowest BCUT2D eigenvalue weighted by molar-refractivity contribution is -0.115. The van der Waals surface area contributed by atoms with Crippen molar-refractivity contribution in [2.24, 2.45) is 0 Å². The Kier molecular flexibility index (Phi) is 2.98. The number of hydrogen-bond acceptors (Lipinski definition) is 3. The zero-order valence-corrected chi connectivity index (χ0v) is 9.30. The summed E-state index contributed by atoms with van der Waals surface area (Å²) in [7, 11) is 0. The third-order valence-corrected chi connectivity index (χ3v) is 3.11. The highest BCUT2D eigenvalue weighted by atomic mass is 32.2. The van der Waals surface area contributed by atoms with Crippen LogP contribution in [0.2, 0.25) is 0 Å². The van der Waals surface area contributed by atoms with Crippen molar-refractivity contribution in [1.82, 2.24) is 0 Å². The van der Waals surface area contributed by atoms with E-state index in [9.17, 15) is 9.90 Å². The maximum atomic E-state index is 11.1. The summed E-state index contributed by atoms with van der Waals surface area (Å²) >= 11 is 1.61. The summed E-state index contributed by atoms with van der Waals surface area (Å²) in [6.07, 6.45) is 1.94. The number of anilines is 1. The molecule has 4 heteroatoms. The molecule has 1 heterocycles. The molecule has 0 aromatic heterocycles. The molecule has 1 amide bonds. The number of nitrogens with one attached hydrogen (secondary N) is 1. The van der Waals surface area contributed by atoms with Crippen molar-refractivity contribution in [2.45, 2.75) is 12.5 Å². The van der Waals surface area contributed by atoms with Crippen molar-refractivity contribution in [1.29, 1.82) is 0 Å². The van der Waals surface area contributed by atoms with Crippen molar-refractivity contribution in [3.05, 3.63) is 29.3 Å². The summed E-state index contributed by atoms with van der Waals surface area (Å²) in [5.74, 6) is 0.710. The minimum Gasteiger partial charge on any atom is -0.388 e. The molecule has 1 aliphatic rings. The van der Waals surface area contributed by atoms with Crippen LogP contribution < -0.4 is 5.32 Å². The highest BCUT2D eigenvalue weighted by Gasteiger charge is 2.18. The molecule has 1 aliphatic heterocycles. The fraction of sp³-hybridized carbons (Fsp3) is 0.364. The van der Waals surface area contributed by atoms with E-state index in [1.807, 2.05) is 24.5 Å². The Hall–Kier alpha value is -1.00. The molecule has 0 radical (unpaired) electrons. The zero-order valence-electron chi connectivity index (χ0n) is 8.49. The van der Waals surface area contributed by atoms with Crippen LogP contribution in [-0.4, -0.2) is 23.0 Å². The number of carbonyl (C=O) groups excluding carboxylic acids is 1. The number of rotatable bonds is 3. The van der Waals surface area contributed by atoms with Crippen molar-refractivity contribution in [3.8, 4) is 0 Å². The van der Waals surface area contributed by atoms with Gasteiger partial charge in [0.05, 0.1) is 12.5 Å². The normalized spacial score (nSPS) is 16.0. The number of hydrogen-bond donors (Lipinski definition) is 2. The quantitative estimate of drug-likeness (QED) is 0.818. The lowest BCUT2D eigenvalue weighted by Gasteiger charge is -2.10. The molecule has 3 nitrogen and oxygen atoms in total. The van der Waals surface area contributed by atoms with Gasteiger partial charge >= 0.3 is 0 Å². The first kappa shape index (κ1) is 10.5. The molecule has 2 N–H and O–H groups in total. The van der Waals surface area contributed by atoms with E-state index in [2.05, 4.69) is 5.32 Å². The van der Waals surface area contributed by atoms with Crippen molar-refractivity contribution in [2.75, 3.05) is 17.3 Å². The van der Waals surface area contributed by atoms with Crippen LogP contribution in [0.15, 0.2) is 18.2 Å². The molecule has 0 aliphatic carbocycles. The first-order valence-corrected chi connectivity index (χ1v) is 6.20. The highest BCUT2D eigenvalue weighted by Crippen LogP contribution is 2.27. The molecule has 15 heavy (non-hydrogen) atoms. The number of fused-ring (bicyclic) bond motifs is 1. The Bertz CT molecular complexity index is 392. The second-order valence-corrected chi connectivity index (χ2v) is 4.52. The second-order valence-electron chi connectivity index (χ2n) is 3.61. The average molecular weight is 223 g/mol. The lowest BCUT2D eigenvalue weighted by Crippen LogP contribution is -2.03. The maximum Gasteiger partial charge on any atom is 0.228 e. The monoisotopic (exact) mass is 223 g/mol. The summed E-state index contributed by atoms with van der Waals surface area (Å²) < 4.78 is 0. The van der Waals surface area contributed by atoms with E-state index < -0.39 is 6.10 Å². The summed E-state index contributed by atoms with van der Waals surface area (Å²) in [5.41, 5.74) is 2.75. The number of benzene rings is 1. The number of aliphatic hydroxyl groups excluding tert-OH is 1. The Morgan fingerprint density at radius 2 is 2.40 bits per heavy atom. The smallest absolute Gasteiger partial charge is 0.228 e. The van der Waals surface area contributed by atoms with E-state index in [1.54, 1.807) is 11.8 Å². The highest BCUT2D eigenvalue weighted by molar-refractivity contribution is 7.98.